The molecule has 0 aromatic carbocycles. The van der Waals surface area contributed by atoms with Gasteiger partial charge in [-0.3, -0.25) is 9.59 Å². The van der Waals surface area contributed by atoms with Gasteiger partial charge in [-0.1, -0.05) is 12.8 Å². The van der Waals surface area contributed by atoms with Gasteiger partial charge in [0.2, 0.25) is 11.8 Å². The van der Waals surface area contributed by atoms with Crippen LogP contribution in [0.25, 0.3) is 0 Å². The Morgan fingerprint density at radius 2 is 1.65 bits per heavy atom. The third-order valence-electron chi connectivity index (χ3n) is 3.81. The minimum absolute atomic E-state index is 0.0600. The molecular formula is C13H22N2O4S. The summed E-state index contributed by atoms with van der Waals surface area (Å²) in [5.74, 6) is -0.703. The zero-order valence-corrected chi connectivity index (χ0v) is 12.4. The van der Waals surface area contributed by atoms with Gasteiger partial charge >= 0.3 is 0 Å². The van der Waals surface area contributed by atoms with Crippen molar-refractivity contribution in [1.82, 2.24) is 10.6 Å². The predicted molar refractivity (Wildman–Crippen MR) is 74.8 cm³/mol. The summed E-state index contributed by atoms with van der Waals surface area (Å²) in [6.45, 7) is -0.0706. The number of hydrogen-bond acceptors (Lipinski definition) is 4. The molecule has 0 aromatic heterocycles. The van der Waals surface area contributed by atoms with Gasteiger partial charge < -0.3 is 10.6 Å². The molecule has 2 amide bonds. The standard InChI is InChI=1S/C13H22N2O4S/c16-12(14-9-13(17)15-10-5-6-10)7-8-20(18,19)11-3-1-2-4-11/h10-11H,1-9H2,(H,14,16)(H,15,17). The molecule has 0 aromatic rings. The van der Waals surface area contributed by atoms with Crippen molar-refractivity contribution in [3.05, 3.63) is 0 Å². The molecule has 6 nitrogen and oxygen atoms in total. The lowest BCUT2D eigenvalue weighted by atomic mass is 10.4. The Hall–Kier alpha value is -1.11. The van der Waals surface area contributed by atoms with E-state index in [1.54, 1.807) is 0 Å². The number of carbonyl (C=O) groups excluding carboxylic acids is 2. The molecule has 0 unspecified atom stereocenters. The van der Waals surface area contributed by atoms with Gasteiger partial charge in [0.05, 0.1) is 17.5 Å². The van der Waals surface area contributed by atoms with Gasteiger partial charge in [0, 0.05) is 12.5 Å². The van der Waals surface area contributed by atoms with Crippen molar-refractivity contribution in [2.75, 3.05) is 12.3 Å². The Morgan fingerprint density at radius 1 is 1.00 bits per heavy atom. The van der Waals surface area contributed by atoms with Gasteiger partial charge in [-0.2, -0.15) is 0 Å². The minimum Gasteiger partial charge on any atom is -0.352 e. The van der Waals surface area contributed by atoms with Gasteiger partial charge in [0.15, 0.2) is 9.84 Å². The Labute approximate surface area is 119 Å². The van der Waals surface area contributed by atoms with Crippen molar-refractivity contribution in [3.63, 3.8) is 0 Å². The van der Waals surface area contributed by atoms with E-state index in [0.717, 1.165) is 25.7 Å². The molecule has 20 heavy (non-hydrogen) atoms. The van der Waals surface area contributed by atoms with Crippen molar-refractivity contribution >= 4 is 21.7 Å². The monoisotopic (exact) mass is 302 g/mol. The van der Waals surface area contributed by atoms with Crippen LogP contribution in [-0.2, 0) is 19.4 Å². The molecule has 0 spiro atoms. The number of amides is 2. The first-order chi connectivity index (χ1) is 9.47. The maximum Gasteiger partial charge on any atom is 0.239 e. The summed E-state index contributed by atoms with van der Waals surface area (Å²) >= 11 is 0. The Bertz CT molecular complexity index is 465. The minimum atomic E-state index is -3.16. The van der Waals surface area contributed by atoms with E-state index in [1.165, 1.54) is 0 Å². The van der Waals surface area contributed by atoms with Crippen molar-refractivity contribution in [2.45, 2.75) is 56.2 Å². The van der Waals surface area contributed by atoms with Gasteiger partial charge in [-0.25, -0.2) is 8.42 Å². The SMILES string of the molecule is O=C(CCS(=O)(=O)C1CCCC1)NCC(=O)NC1CC1. The second-order valence-corrected chi connectivity index (χ2v) is 8.04. The van der Waals surface area contributed by atoms with Crippen LogP contribution < -0.4 is 10.6 Å². The van der Waals surface area contributed by atoms with E-state index >= 15 is 0 Å². The van der Waals surface area contributed by atoms with E-state index in [4.69, 9.17) is 0 Å². The summed E-state index contributed by atoms with van der Waals surface area (Å²) in [5.41, 5.74) is 0. The summed E-state index contributed by atoms with van der Waals surface area (Å²) in [5, 5.41) is 4.95. The molecule has 0 radical (unpaired) electrons. The molecule has 2 aliphatic rings. The van der Waals surface area contributed by atoms with Crippen LogP contribution >= 0.6 is 0 Å². The van der Waals surface area contributed by atoms with E-state index in [9.17, 15) is 18.0 Å². The lowest BCUT2D eigenvalue weighted by molar-refractivity contribution is -0.125. The van der Waals surface area contributed by atoms with Crippen LogP contribution in [-0.4, -0.2) is 43.8 Å². The second-order valence-electron chi connectivity index (χ2n) is 5.64. The van der Waals surface area contributed by atoms with Crippen molar-refractivity contribution in [1.29, 1.82) is 0 Å². The van der Waals surface area contributed by atoms with E-state index < -0.39 is 9.84 Å². The van der Waals surface area contributed by atoms with Crippen LogP contribution in [0, 0.1) is 0 Å². The molecule has 2 rings (SSSR count). The van der Waals surface area contributed by atoms with Crippen LogP contribution in [0.1, 0.15) is 44.9 Å². The second kappa shape index (κ2) is 6.56. The number of nitrogens with one attached hydrogen (secondary N) is 2. The predicted octanol–water partition coefficient (Wildman–Crippen LogP) is 0.129. The Balaban J connectivity index is 1.64. The zero-order valence-electron chi connectivity index (χ0n) is 11.6. The molecular weight excluding hydrogens is 280 g/mol. The van der Waals surface area contributed by atoms with E-state index in [-0.39, 0.29) is 41.8 Å². The maximum absolute atomic E-state index is 12.0. The molecule has 114 valence electrons. The third kappa shape index (κ3) is 4.77. The maximum atomic E-state index is 12.0. The average molecular weight is 302 g/mol. The van der Waals surface area contributed by atoms with Crippen molar-refractivity contribution < 1.29 is 18.0 Å². The molecule has 2 N–H and O–H groups in total. The van der Waals surface area contributed by atoms with Gasteiger partial charge in [-0.15, -0.1) is 0 Å². The molecule has 2 saturated carbocycles. The first-order valence-corrected chi connectivity index (χ1v) is 8.96. The van der Waals surface area contributed by atoms with Crippen LogP contribution in [0.5, 0.6) is 0 Å². The van der Waals surface area contributed by atoms with E-state index in [1.807, 2.05) is 0 Å². The summed E-state index contributed by atoms with van der Waals surface area (Å²) < 4.78 is 23.9. The van der Waals surface area contributed by atoms with Gasteiger partial charge in [0.1, 0.15) is 0 Å². The molecule has 0 saturated heterocycles. The highest BCUT2D eigenvalue weighted by Gasteiger charge is 2.29. The lowest BCUT2D eigenvalue weighted by Crippen LogP contribution is -2.38. The number of carbonyl (C=O) groups is 2. The highest BCUT2D eigenvalue weighted by Crippen LogP contribution is 2.25. The largest absolute Gasteiger partial charge is 0.352 e. The third-order valence-corrected chi connectivity index (χ3v) is 6.07. The van der Waals surface area contributed by atoms with Crippen LogP contribution in [0.2, 0.25) is 0 Å². The van der Waals surface area contributed by atoms with Crippen LogP contribution in [0.3, 0.4) is 0 Å². The molecule has 0 heterocycles. The summed E-state index contributed by atoms with van der Waals surface area (Å²) in [6, 6.07) is 0.266. The number of rotatable bonds is 7. The zero-order chi connectivity index (χ0) is 14.6. The summed E-state index contributed by atoms with van der Waals surface area (Å²) in [6.07, 6.45) is 5.28. The number of hydrogen-bond donors (Lipinski definition) is 2. The Kier molecular flexibility index (Phi) is 5.01. The average Bonchev–Trinajstić information content (AvgIpc) is 3.03. The normalized spacial score (nSPS) is 19.8. The molecule has 7 heteroatoms. The summed E-state index contributed by atoms with van der Waals surface area (Å²) in [7, 11) is -3.16. The van der Waals surface area contributed by atoms with E-state index in [2.05, 4.69) is 10.6 Å². The van der Waals surface area contributed by atoms with Gasteiger partial charge in [-0.05, 0) is 25.7 Å². The molecule has 2 fully saturated rings. The smallest absolute Gasteiger partial charge is 0.239 e. The van der Waals surface area contributed by atoms with Crippen LogP contribution in [0.15, 0.2) is 0 Å². The molecule has 2 aliphatic carbocycles. The fourth-order valence-corrected chi connectivity index (χ4v) is 4.28. The highest BCUT2D eigenvalue weighted by atomic mass is 32.2. The lowest BCUT2D eigenvalue weighted by Gasteiger charge is -2.11. The Morgan fingerprint density at radius 3 is 2.25 bits per heavy atom. The quantitative estimate of drug-likeness (QED) is 0.699. The topological polar surface area (TPSA) is 92.3 Å². The van der Waals surface area contributed by atoms with Crippen molar-refractivity contribution in [2.24, 2.45) is 0 Å². The number of sulfone groups is 1. The fourth-order valence-electron chi connectivity index (χ4n) is 2.42. The molecule has 0 atom stereocenters. The molecule has 0 aliphatic heterocycles. The fraction of sp³-hybridized carbons (Fsp3) is 0.846. The highest BCUT2D eigenvalue weighted by molar-refractivity contribution is 7.92. The van der Waals surface area contributed by atoms with Crippen LogP contribution in [0.4, 0.5) is 0 Å². The molecule has 0 bridgehead atoms. The van der Waals surface area contributed by atoms with E-state index in [0.29, 0.717) is 12.8 Å². The van der Waals surface area contributed by atoms with Gasteiger partial charge in [0.25, 0.3) is 0 Å². The van der Waals surface area contributed by atoms with Crippen molar-refractivity contribution in [3.8, 4) is 0 Å². The first kappa shape index (κ1) is 15.3. The first-order valence-electron chi connectivity index (χ1n) is 7.25. The summed E-state index contributed by atoms with van der Waals surface area (Å²) in [4.78, 5) is 22.9.